The van der Waals surface area contributed by atoms with Crippen LogP contribution in [-0.2, 0) is 0 Å². The van der Waals surface area contributed by atoms with Crippen LogP contribution < -0.4 is 5.32 Å². The smallest absolute Gasteiger partial charge is 0.391 e. The second-order valence-corrected chi connectivity index (χ2v) is 5.30. The molecule has 0 saturated heterocycles. The van der Waals surface area contributed by atoms with Gasteiger partial charge in [0.15, 0.2) is 0 Å². The summed E-state index contributed by atoms with van der Waals surface area (Å²) in [5, 5.41) is 12.3. The van der Waals surface area contributed by atoms with Gasteiger partial charge in [0.1, 0.15) is 0 Å². The van der Waals surface area contributed by atoms with Crippen molar-refractivity contribution in [1.29, 1.82) is 0 Å². The standard InChI is InChI=1S/C12H22F3NO/c1-8(2)11(7-17)16-10-5-3-4-9(6-10)12(13,14)15/h8-11,16-17H,3-7H2,1-2H3/t9?,10?,11-/m1/s1. The van der Waals surface area contributed by atoms with Gasteiger partial charge >= 0.3 is 6.18 Å². The predicted molar refractivity (Wildman–Crippen MR) is 60.6 cm³/mol. The van der Waals surface area contributed by atoms with Crippen molar-refractivity contribution >= 4 is 0 Å². The number of alkyl halides is 3. The third kappa shape index (κ3) is 4.47. The Morgan fingerprint density at radius 3 is 2.41 bits per heavy atom. The second-order valence-electron chi connectivity index (χ2n) is 5.30. The first kappa shape index (κ1) is 14.8. The molecular formula is C12H22F3NO. The summed E-state index contributed by atoms with van der Waals surface area (Å²) in [4.78, 5) is 0. The maximum Gasteiger partial charge on any atom is 0.391 e. The normalized spacial score (nSPS) is 28.4. The Morgan fingerprint density at radius 1 is 1.29 bits per heavy atom. The van der Waals surface area contributed by atoms with Crippen LogP contribution in [0.5, 0.6) is 0 Å². The van der Waals surface area contributed by atoms with Crippen LogP contribution in [0.2, 0.25) is 0 Å². The van der Waals surface area contributed by atoms with Gasteiger partial charge in [0.05, 0.1) is 12.5 Å². The zero-order valence-electron chi connectivity index (χ0n) is 10.4. The fourth-order valence-electron chi connectivity index (χ4n) is 2.40. The molecule has 2 nitrogen and oxygen atoms in total. The van der Waals surface area contributed by atoms with Crippen molar-refractivity contribution < 1.29 is 18.3 Å². The summed E-state index contributed by atoms with van der Waals surface area (Å²) in [5.41, 5.74) is 0. The first-order chi connectivity index (χ1) is 7.84. The SMILES string of the molecule is CC(C)[C@@H](CO)NC1CCCC(C(F)(F)F)C1. The van der Waals surface area contributed by atoms with Crippen molar-refractivity contribution in [2.75, 3.05) is 6.61 Å². The Bertz CT molecular complexity index is 228. The van der Waals surface area contributed by atoms with E-state index in [2.05, 4.69) is 5.32 Å². The van der Waals surface area contributed by atoms with Gasteiger partial charge in [-0.25, -0.2) is 0 Å². The van der Waals surface area contributed by atoms with Crippen molar-refractivity contribution in [2.24, 2.45) is 11.8 Å². The lowest BCUT2D eigenvalue weighted by Crippen LogP contribution is -2.47. The minimum absolute atomic E-state index is 0.0230. The monoisotopic (exact) mass is 253 g/mol. The lowest BCUT2D eigenvalue weighted by atomic mass is 9.84. The maximum absolute atomic E-state index is 12.6. The highest BCUT2D eigenvalue weighted by Gasteiger charge is 2.42. The Balaban J connectivity index is 2.49. The summed E-state index contributed by atoms with van der Waals surface area (Å²) in [5.74, 6) is -0.952. The minimum Gasteiger partial charge on any atom is -0.395 e. The first-order valence-electron chi connectivity index (χ1n) is 6.28. The molecular weight excluding hydrogens is 231 g/mol. The average molecular weight is 253 g/mol. The molecule has 2 unspecified atom stereocenters. The third-order valence-electron chi connectivity index (χ3n) is 3.59. The molecule has 0 radical (unpaired) electrons. The van der Waals surface area contributed by atoms with E-state index in [1.165, 1.54) is 0 Å². The van der Waals surface area contributed by atoms with E-state index in [4.69, 9.17) is 5.11 Å². The van der Waals surface area contributed by atoms with E-state index in [9.17, 15) is 13.2 Å². The van der Waals surface area contributed by atoms with Crippen LogP contribution in [0.3, 0.4) is 0 Å². The van der Waals surface area contributed by atoms with Crippen LogP contribution in [0, 0.1) is 11.8 Å². The molecule has 0 aromatic rings. The Hall–Kier alpha value is -0.290. The summed E-state index contributed by atoms with van der Waals surface area (Å²) < 4.78 is 37.8. The summed E-state index contributed by atoms with van der Waals surface area (Å²) in [6.07, 6.45) is -2.30. The molecule has 5 heteroatoms. The number of hydrogen-bond donors (Lipinski definition) is 2. The van der Waals surface area contributed by atoms with Gasteiger partial charge in [-0.05, 0) is 25.2 Å². The molecule has 0 aromatic heterocycles. The number of aliphatic hydroxyl groups is 1. The summed E-state index contributed by atoms with van der Waals surface area (Å²) in [6.45, 7) is 3.89. The van der Waals surface area contributed by atoms with Gasteiger partial charge in [-0.3, -0.25) is 0 Å². The lowest BCUT2D eigenvalue weighted by Gasteiger charge is -2.34. The van der Waals surface area contributed by atoms with Gasteiger partial charge in [0, 0.05) is 12.1 Å². The van der Waals surface area contributed by atoms with Crippen molar-refractivity contribution in [3.05, 3.63) is 0 Å². The van der Waals surface area contributed by atoms with Crippen LogP contribution in [0.4, 0.5) is 13.2 Å². The summed E-state index contributed by atoms with van der Waals surface area (Å²) in [7, 11) is 0. The molecule has 2 N–H and O–H groups in total. The van der Waals surface area contributed by atoms with E-state index < -0.39 is 12.1 Å². The lowest BCUT2D eigenvalue weighted by molar-refractivity contribution is -0.184. The molecule has 0 aliphatic heterocycles. The molecule has 102 valence electrons. The fourth-order valence-corrected chi connectivity index (χ4v) is 2.40. The van der Waals surface area contributed by atoms with E-state index in [1.807, 2.05) is 13.8 Å². The van der Waals surface area contributed by atoms with Gasteiger partial charge in [0.2, 0.25) is 0 Å². The maximum atomic E-state index is 12.6. The number of rotatable bonds is 4. The molecule has 1 saturated carbocycles. The number of hydrogen-bond acceptors (Lipinski definition) is 2. The van der Waals surface area contributed by atoms with Crippen LogP contribution in [0.15, 0.2) is 0 Å². The van der Waals surface area contributed by atoms with Crippen LogP contribution >= 0.6 is 0 Å². The van der Waals surface area contributed by atoms with Gasteiger partial charge < -0.3 is 10.4 Å². The highest BCUT2D eigenvalue weighted by molar-refractivity contribution is 4.84. The molecule has 1 aliphatic carbocycles. The number of halogens is 3. The van der Waals surface area contributed by atoms with Gasteiger partial charge in [-0.1, -0.05) is 20.3 Å². The zero-order chi connectivity index (χ0) is 13.1. The van der Waals surface area contributed by atoms with Gasteiger partial charge in [-0.2, -0.15) is 13.2 Å². The van der Waals surface area contributed by atoms with Crippen molar-refractivity contribution in [3.63, 3.8) is 0 Å². The third-order valence-corrected chi connectivity index (χ3v) is 3.59. The first-order valence-corrected chi connectivity index (χ1v) is 6.28. The van der Waals surface area contributed by atoms with Gasteiger partial charge in [0.25, 0.3) is 0 Å². The average Bonchev–Trinajstić information content (AvgIpc) is 2.24. The van der Waals surface area contributed by atoms with Crippen LogP contribution in [0.1, 0.15) is 39.5 Å². The minimum atomic E-state index is -4.08. The van der Waals surface area contributed by atoms with Gasteiger partial charge in [-0.15, -0.1) is 0 Å². The van der Waals surface area contributed by atoms with E-state index in [0.717, 1.165) is 6.42 Å². The zero-order valence-corrected chi connectivity index (χ0v) is 10.4. The Kier molecular flexibility index (Phi) is 5.25. The summed E-state index contributed by atoms with van der Waals surface area (Å²) >= 11 is 0. The van der Waals surface area contributed by atoms with Crippen molar-refractivity contribution in [2.45, 2.75) is 57.8 Å². The number of aliphatic hydroxyl groups excluding tert-OH is 1. The molecule has 0 amide bonds. The second kappa shape index (κ2) is 6.05. The van der Waals surface area contributed by atoms with Crippen molar-refractivity contribution in [1.82, 2.24) is 5.32 Å². The number of nitrogens with one attached hydrogen (secondary N) is 1. The fraction of sp³-hybridized carbons (Fsp3) is 1.00. The molecule has 0 heterocycles. The van der Waals surface area contributed by atoms with Crippen LogP contribution in [0.25, 0.3) is 0 Å². The molecule has 0 spiro atoms. The molecule has 1 rings (SSSR count). The predicted octanol–water partition coefficient (Wildman–Crippen LogP) is 2.71. The Morgan fingerprint density at radius 2 is 1.94 bits per heavy atom. The highest BCUT2D eigenvalue weighted by Crippen LogP contribution is 2.37. The highest BCUT2D eigenvalue weighted by atomic mass is 19.4. The molecule has 1 fully saturated rings. The van der Waals surface area contributed by atoms with E-state index in [1.54, 1.807) is 0 Å². The molecule has 17 heavy (non-hydrogen) atoms. The van der Waals surface area contributed by atoms with E-state index in [0.29, 0.717) is 6.42 Å². The Labute approximate surface area is 101 Å². The molecule has 1 aliphatic rings. The van der Waals surface area contributed by atoms with Crippen molar-refractivity contribution in [3.8, 4) is 0 Å². The van der Waals surface area contributed by atoms with Crippen LogP contribution in [-0.4, -0.2) is 30.0 Å². The summed E-state index contributed by atoms with van der Waals surface area (Å²) in [6, 6.07) is -0.220. The molecule has 0 bridgehead atoms. The largest absolute Gasteiger partial charge is 0.395 e. The molecule has 0 aromatic carbocycles. The van der Waals surface area contributed by atoms with E-state index >= 15 is 0 Å². The molecule has 3 atom stereocenters. The topological polar surface area (TPSA) is 32.3 Å². The van der Waals surface area contributed by atoms with E-state index in [-0.39, 0.29) is 37.5 Å². The quantitative estimate of drug-likeness (QED) is 0.807.